The zero-order valence-corrected chi connectivity index (χ0v) is 58.0. The number of likely N-dealkylation sites (tertiary alicyclic amines) is 1. The average molecular weight is 1350 g/mol. The Hall–Kier alpha value is -8.24. The molecule has 29 nitrogen and oxygen atoms in total. The van der Waals surface area contributed by atoms with Gasteiger partial charge in [0.2, 0.25) is 53.2 Å². The lowest BCUT2D eigenvalue weighted by atomic mass is 9.91. The van der Waals surface area contributed by atoms with Gasteiger partial charge in [-0.15, -0.1) is 0 Å². The van der Waals surface area contributed by atoms with Gasteiger partial charge in [-0.05, 0) is 114 Å². The molecule has 0 spiro atoms. The SMILES string of the molecule is CC[C@H](C)[C@H]1NC(=O)[C@@H](NC(=O)[C@@H](CC(C)C)N(C)C(=O)[C@@H]2CCCN2C(=O)[C@H](C)OC(=O)[C@H](CCC(N)=O)NC(=O)[C@@H]2CCC(=O)N2)[C@@H](C)OC(=O)[C@H](Cc2ccc(OC)cc2)N(C)C(=O)[C@@H]2CCCN2C(=O)[C@H](CC(C)C)NC(=O)[C@@H](C)C(=O)[C@H](C(C)C)OC(=O)C[C@@H]1O. The Kier molecular flexibility index (Phi) is 29.1. The number of nitrogens with two attached hydrogens (primary N) is 1. The first-order valence-electron chi connectivity index (χ1n) is 33.5. The Morgan fingerprint density at radius 2 is 1.49 bits per heavy atom. The van der Waals surface area contributed by atoms with Gasteiger partial charge in [-0.3, -0.25) is 57.5 Å². The minimum atomic E-state index is -1.86. The number of aliphatic hydroxyl groups is 1. The monoisotopic (exact) mass is 1350 g/mol. The fourth-order valence-corrected chi connectivity index (χ4v) is 12.4. The first-order chi connectivity index (χ1) is 45.1. The average Bonchev–Trinajstić information content (AvgIpc) is 1.60. The second-order valence-corrected chi connectivity index (χ2v) is 27.1. The molecule has 4 heterocycles. The summed E-state index contributed by atoms with van der Waals surface area (Å²) in [5.41, 5.74) is 5.88. The van der Waals surface area contributed by atoms with Crippen molar-refractivity contribution in [2.75, 3.05) is 34.3 Å². The van der Waals surface area contributed by atoms with E-state index < -0.39 is 180 Å². The molecule has 15 atom stereocenters. The molecular formula is C67H102N10O19. The Bertz CT molecular complexity index is 3000. The number of esters is 3. The molecule has 29 heteroatoms. The van der Waals surface area contributed by atoms with Gasteiger partial charge >= 0.3 is 17.9 Å². The minimum Gasteiger partial charge on any atom is -0.497 e. The van der Waals surface area contributed by atoms with Gasteiger partial charge in [0.1, 0.15) is 60.2 Å². The summed E-state index contributed by atoms with van der Waals surface area (Å²) < 4.78 is 22.9. The van der Waals surface area contributed by atoms with E-state index in [1.54, 1.807) is 65.8 Å². The van der Waals surface area contributed by atoms with Gasteiger partial charge in [-0.25, -0.2) is 9.59 Å². The van der Waals surface area contributed by atoms with Crippen LogP contribution in [-0.4, -0.2) is 221 Å². The number of hydrogen-bond acceptors (Lipinski definition) is 19. The number of likely N-dealkylation sites (N-methyl/N-ethyl adjacent to an activating group) is 2. The smallest absolute Gasteiger partial charge is 0.329 e. The number of fused-ring (bicyclic) bond motifs is 1. The highest BCUT2D eigenvalue weighted by molar-refractivity contribution is 6.05. The van der Waals surface area contributed by atoms with Gasteiger partial charge in [0.05, 0.1) is 31.6 Å². The number of ketones is 1. The van der Waals surface area contributed by atoms with E-state index in [1.807, 2.05) is 13.8 Å². The van der Waals surface area contributed by atoms with Gasteiger partial charge in [-0.2, -0.15) is 0 Å². The summed E-state index contributed by atoms with van der Waals surface area (Å²) in [6.45, 7) is 17.8. The zero-order chi connectivity index (χ0) is 71.7. The number of benzene rings is 1. The van der Waals surface area contributed by atoms with Crippen molar-refractivity contribution in [1.29, 1.82) is 0 Å². The van der Waals surface area contributed by atoms with Gasteiger partial charge < -0.3 is 76.0 Å². The van der Waals surface area contributed by atoms with Gasteiger partial charge in [-0.1, -0.05) is 73.9 Å². The molecule has 0 radical (unpaired) electrons. The molecule has 5 rings (SSSR count). The third kappa shape index (κ3) is 20.9. The molecule has 1 aromatic carbocycles. The Morgan fingerprint density at radius 1 is 0.833 bits per heavy atom. The van der Waals surface area contributed by atoms with Crippen LogP contribution in [0.5, 0.6) is 5.75 Å². The summed E-state index contributed by atoms with van der Waals surface area (Å²) in [5, 5.41) is 25.2. The van der Waals surface area contributed by atoms with E-state index in [0.29, 0.717) is 30.6 Å². The second kappa shape index (κ2) is 35.7. The van der Waals surface area contributed by atoms with Crippen molar-refractivity contribution in [3.63, 3.8) is 0 Å². The number of amides is 10. The lowest BCUT2D eigenvalue weighted by Crippen LogP contribution is -2.62. The van der Waals surface area contributed by atoms with E-state index in [4.69, 9.17) is 24.7 Å². The molecule has 0 aliphatic carbocycles. The van der Waals surface area contributed by atoms with Crippen LogP contribution in [0.15, 0.2) is 24.3 Å². The molecular weight excluding hydrogens is 1250 g/mol. The molecule has 4 fully saturated rings. The fourth-order valence-electron chi connectivity index (χ4n) is 12.4. The number of nitrogens with zero attached hydrogens (tertiary/aromatic N) is 4. The Balaban J connectivity index is 1.54. The second-order valence-electron chi connectivity index (χ2n) is 27.1. The lowest BCUT2D eigenvalue weighted by Gasteiger charge is -2.36. The van der Waals surface area contributed by atoms with Crippen molar-refractivity contribution in [2.24, 2.45) is 35.3 Å². The van der Waals surface area contributed by atoms with Crippen molar-refractivity contribution in [3.8, 4) is 5.75 Å². The maximum Gasteiger partial charge on any atom is 0.329 e. The van der Waals surface area contributed by atoms with Crippen molar-refractivity contribution in [3.05, 3.63) is 29.8 Å². The van der Waals surface area contributed by atoms with Crippen molar-refractivity contribution in [1.82, 2.24) is 46.2 Å². The maximum atomic E-state index is 15.2. The first kappa shape index (κ1) is 78.5. The van der Waals surface area contributed by atoms with Crippen LogP contribution in [0, 0.1) is 29.6 Å². The van der Waals surface area contributed by atoms with E-state index in [9.17, 15) is 53.1 Å². The lowest BCUT2D eigenvalue weighted by molar-refractivity contribution is -0.163. The van der Waals surface area contributed by atoms with Crippen molar-refractivity contribution in [2.45, 2.75) is 238 Å². The van der Waals surface area contributed by atoms with E-state index in [1.165, 1.54) is 51.8 Å². The highest BCUT2D eigenvalue weighted by atomic mass is 16.6. The molecule has 8 N–H and O–H groups in total. The Morgan fingerprint density at radius 3 is 2.07 bits per heavy atom. The molecule has 0 bridgehead atoms. The minimum absolute atomic E-state index is 0.0193. The van der Waals surface area contributed by atoms with Crippen LogP contribution in [0.3, 0.4) is 0 Å². The number of aliphatic hydroxyl groups excluding tert-OH is 1. The number of nitrogens with one attached hydrogen (secondary N) is 5. The molecule has 0 saturated carbocycles. The summed E-state index contributed by atoms with van der Waals surface area (Å²) in [7, 11) is 4.17. The van der Waals surface area contributed by atoms with Crippen molar-refractivity contribution < 1.29 is 91.2 Å². The van der Waals surface area contributed by atoms with Gasteiger partial charge in [0.15, 0.2) is 18.0 Å². The molecule has 4 aliphatic heterocycles. The van der Waals surface area contributed by atoms with Crippen LogP contribution in [0.1, 0.15) is 159 Å². The van der Waals surface area contributed by atoms with E-state index in [-0.39, 0.29) is 88.6 Å². The highest BCUT2D eigenvalue weighted by Gasteiger charge is 2.47. The molecule has 96 heavy (non-hydrogen) atoms. The molecule has 4 aliphatic rings. The normalized spacial score (nSPS) is 26.6. The summed E-state index contributed by atoms with van der Waals surface area (Å²) in [6, 6.07) is -5.39. The summed E-state index contributed by atoms with van der Waals surface area (Å²) >= 11 is 0. The number of Topliss-reactive ketones (excluding diaryl/α,β-unsaturated/α-hetero) is 1. The van der Waals surface area contributed by atoms with E-state index >= 15 is 19.2 Å². The number of cyclic esters (lactones) is 2. The van der Waals surface area contributed by atoms with E-state index in [2.05, 4.69) is 26.6 Å². The Labute approximate surface area is 561 Å². The standard InChI is InChI=1S/C67H102N10O19/c1-15-37(8)54-50(78)33-53(81)96-57(36(6)7)56(82)38(9)58(83)71-45(30-34(2)3)63(88)77-29-17-19-47(77)65(90)75(13)49(32-41-20-22-42(93-14)23-21-41)67(92)94-39(10)55(61(86)72-54)73-60(85)48(31-35(4)5)74(12)64(89)46-18-16-28-76(46)62(87)40(11)95-66(91)44(24-26-51(68)79)70-59(84)43-25-27-52(80)69-43/h20-23,34-40,43-50,54-55,57,78H,15-19,24-33H2,1-14H3,(H2,68,79)(H,69,80)(H,70,84)(H,71,83)(H,72,86)(H,73,85)/t37-,38-,39+,40-,43-,44-,45-,46-,47-,48+,49-,50-,54+,55-,57-/m0/s1. The zero-order valence-electron chi connectivity index (χ0n) is 58.0. The number of carbonyl (C=O) groups excluding carboxylic acids is 14. The fraction of sp³-hybridized carbons (Fsp3) is 0.701. The van der Waals surface area contributed by atoms with Crippen molar-refractivity contribution >= 4 is 82.8 Å². The number of primary amides is 1. The van der Waals surface area contributed by atoms with Crippen LogP contribution in [0.25, 0.3) is 0 Å². The van der Waals surface area contributed by atoms with Crippen LogP contribution >= 0.6 is 0 Å². The quantitative estimate of drug-likeness (QED) is 0.0482. The van der Waals surface area contributed by atoms with Crippen LogP contribution in [0.4, 0.5) is 0 Å². The van der Waals surface area contributed by atoms with Crippen LogP contribution in [0.2, 0.25) is 0 Å². The highest BCUT2D eigenvalue weighted by Crippen LogP contribution is 2.28. The third-order valence-corrected chi connectivity index (χ3v) is 18.4. The number of carbonyl (C=O) groups is 14. The number of ether oxygens (including phenoxy) is 4. The topological polar surface area (TPSA) is 395 Å². The number of rotatable bonds is 22. The molecule has 0 unspecified atom stereocenters. The van der Waals surface area contributed by atoms with E-state index in [0.717, 1.165) is 9.80 Å². The molecule has 10 amide bonds. The molecule has 4 saturated heterocycles. The summed E-state index contributed by atoms with van der Waals surface area (Å²) in [5.74, 6) is -14.2. The predicted molar refractivity (Wildman–Crippen MR) is 346 cm³/mol. The van der Waals surface area contributed by atoms with Crippen LogP contribution < -0.4 is 37.1 Å². The predicted octanol–water partition coefficient (Wildman–Crippen LogP) is 0.896. The first-order valence-corrected chi connectivity index (χ1v) is 33.5. The molecule has 534 valence electrons. The summed E-state index contributed by atoms with van der Waals surface area (Å²) in [6.07, 6.45) is -6.48. The number of hydrogen-bond donors (Lipinski definition) is 7. The maximum absolute atomic E-state index is 15.2. The third-order valence-electron chi connectivity index (χ3n) is 18.4. The number of methoxy groups -OCH3 is 1. The largest absolute Gasteiger partial charge is 0.497 e. The summed E-state index contributed by atoms with van der Waals surface area (Å²) in [4.78, 5) is 202. The van der Waals surface area contributed by atoms with Gasteiger partial charge in [0.25, 0.3) is 5.91 Å². The van der Waals surface area contributed by atoms with Crippen LogP contribution in [-0.2, 0) is 87.8 Å². The molecule has 1 aromatic rings. The van der Waals surface area contributed by atoms with Gasteiger partial charge in [0, 0.05) is 46.4 Å². The molecule has 0 aromatic heterocycles.